The molecule has 1 atom stereocenters. The van der Waals surface area contributed by atoms with Crippen molar-refractivity contribution in [2.45, 2.75) is 71.1 Å². The average Bonchev–Trinajstić information content (AvgIpc) is 3.03. The van der Waals surface area contributed by atoms with E-state index in [-0.39, 0.29) is 6.09 Å². The van der Waals surface area contributed by atoms with Crippen LogP contribution in [-0.2, 0) is 11.3 Å². The highest BCUT2D eigenvalue weighted by molar-refractivity contribution is 5.68. The summed E-state index contributed by atoms with van der Waals surface area (Å²) < 4.78 is 5.60. The summed E-state index contributed by atoms with van der Waals surface area (Å²) in [6.45, 7) is 8.21. The van der Waals surface area contributed by atoms with Crippen LogP contribution in [-0.4, -0.2) is 35.7 Å². The van der Waals surface area contributed by atoms with Crippen molar-refractivity contribution >= 4 is 6.09 Å². The van der Waals surface area contributed by atoms with E-state index < -0.39 is 5.60 Å². The van der Waals surface area contributed by atoms with Gasteiger partial charge in [0.2, 0.25) is 0 Å². The van der Waals surface area contributed by atoms with E-state index >= 15 is 0 Å². The zero-order valence-electron chi connectivity index (χ0n) is 15.9. The predicted octanol–water partition coefficient (Wildman–Crippen LogP) is 4.35. The van der Waals surface area contributed by atoms with Crippen molar-refractivity contribution in [2.75, 3.05) is 13.1 Å². The molecule has 138 valence electrons. The van der Waals surface area contributed by atoms with Crippen molar-refractivity contribution in [1.82, 2.24) is 10.2 Å². The van der Waals surface area contributed by atoms with Crippen LogP contribution < -0.4 is 5.32 Å². The lowest BCUT2D eigenvalue weighted by Gasteiger charge is -2.46. The highest BCUT2D eigenvalue weighted by atomic mass is 16.6. The summed E-state index contributed by atoms with van der Waals surface area (Å²) in [4.78, 5) is 14.4. The lowest BCUT2D eigenvalue weighted by atomic mass is 9.73. The van der Waals surface area contributed by atoms with Crippen LogP contribution in [0, 0.1) is 5.41 Å². The SMILES string of the molecule is CC(C)(C)OC(=O)N1CCC2(CCCC2)C(NCc2ccccc2)C1. The minimum atomic E-state index is -0.438. The fourth-order valence-corrected chi connectivity index (χ4v) is 4.33. The number of hydrogen-bond acceptors (Lipinski definition) is 3. The first-order chi connectivity index (χ1) is 11.9. The molecule has 1 N–H and O–H groups in total. The molecule has 0 bridgehead atoms. The highest BCUT2D eigenvalue weighted by Gasteiger charge is 2.45. The molecule has 1 aromatic carbocycles. The van der Waals surface area contributed by atoms with E-state index in [0.29, 0.717) is 11.5 Å². The van der Waals surface area contributed by atoms with Gasteiger partial charge in [0.15, 0.2) is 0 Å². The molecule has 0 radical (unpaired) electrons. The van der Waals surface area contributed by atoms with E-state index in [1.54, 1.807) is 0 Å². The fourth-order valence-electron chi connectivity index (χ4n) is 4.33. The van der Waals surface area contributed by atoms with Gasteiger partial charge in [-0.15, -0.1) is 0 Å². The summed E-state index contributed by atoms with van der Waals surface area (Å²) in [5.74, 6) is 0. The molecular formula is C21H32N2O2. The van der Waals surface area contributed by atoms with Crippen LogP contribution in [0.4, 0.5) is 4.79 Å². The van der Waals surface area contributed by atoms with Crippen molar-refractivity contribution in [1.29, 1.82) is 0 Å². The number of ether oxygens (including phenoxy) is 1. The summed E-state index contributed by atoms with van der Waals surface area (Å²) >= 11 is 0. The lowest BCUT2D eigenvalue weighted by Crippen LogP contribution is -2.57. The van der Waals surface area contributed by atoms with Crippen LogP contribution in [0.25, 0.3) is 0 Å². The molecule has 1 saturated heterocycles. The standard InChI is InChI=1S/C21H32N2O2/c1-20(2,3)25-19(24)23-14-13-21(11-7-8-12-21)18(16-23)22-15-17-9-5-4-6-10-17/h4-6,9-10,18,22H,7-8,11-16H2,1-3H3. The lowest BCUT2D eigenvalue weighted by molar-refractivity contribution is 0.000760. The molecular weight excluding hydrogens is 312 g/mol. The third-order valence-electron chi connectivity index (χ3n) is 5.67. The summed E-state index contributed by atoms with van der Waals surface area (Å²) in [6, 6.07) is 10.9. The van der Waals surface area contributed by atoms with Gasteiger partial charge in [-0.25, -0.2) is 4.79 Å². The Labute approximate surface area is 151 Å². The van der Waals surface area contributed by atoms with E-state index in [4.69, 9.17) is 4.74 Å². The van der Waals surface area contributed by atoms with Crippen LogP contribution in [0.5, 0.6) is 0 Å². The molecule has 1 spiro atoms. The Morgan fingerprint density at radius 3 is 2.52 bits per heavy atom. The van der Waals surface area contributed by atoms with Gasteiger partial charge in [-0.1, -0.05) is 43.2 Å². The number of hydrogen-bond donors (Lipinski definition) is 1. The van der Waals surface area contributed by atoms with Gasteiger partial charge < -0.3 is 15.0 Å². The molecule has 1 amide bonds. The van der Waals surface area contributed by atoms with Gasteiger partial charge in [0.05, 0.1) is 0 Å². The Kier molecular flexibility index (Phi) is 5.38. The Bertz CT molecular complexity index is 573. The molecule has 3 rings (SSSR count). The molecule has 1 unspecified atom stereocenters. The summed E-state index contributed by atoms with van der Waals surface area (Å²) in [6.07, 6.45) is 6.10. The van der Waals surface area contributed by atoms with Gasteiger partial charge in [-0.2, -0.15) is 0 Å². The minimum absolute atomic E-state index is 0.174. The van der Waals surface area contributed by atoms with E-state index in [2.05, 4.69) is 29.6 Å². The van der Waals surface area contributed by atoms with Gasteiger partial charge in [-0.05, 0) is 51.0 Å². The first kappa shape index (κ1) is 18.2. The van der Waals surface area contributed by atoms with Crippen LogP contribution >= 0.6 is 0 Å². The fraction of sp³-hybridized carbons (Fsp3) is 0.667. The zero-order chi connectivity index (χ0) is 17.9. The molecule has 25 heavy (non-hydrogen) atoms. The maximum absolute atomic E-state index is 12.5. The van der Waals surface area contributed by atoms with Gasteiger partial charge in [0, 0.05) is 25.7 Å². The molecule has 0 aromatic heterocycles. The number of carbonyl (C=O) groups is 1. The average molecular weight is 344 g/mol. The van der Waals surface area contributed by atoms with Crippen molar-refractivity contribution in [3.63, 3.8) is 0 Å². The van der Waals surface area contributed by atoms with Crippen LogP contribution in [0.15, 0.2) is 30.3 Å². The maximum Gasteiger partial charge on any atom is 0.410 e. The molecule has 2 fully saturated rings. The molecule has 1 aliphatic carbocycles. The summed E-state index contributed by atoms with van der Waals surface area (Å²) in [5.41, 5.74) is 1.21. The molecule has 1 aliphatic heterocycles. The monoisotopic (exact) mass is 344 g/mol. The number of piperidine rings is 1. The molecule has 1 aromatic rings. The molecule has 1 saturated carbocycles. The van der Waals surface area contributed by atoms with Crippen molar-refractivity contribution in [3.05, 3.63) is 35.9 Å². The van der Waals surface area contributed by atoms with E-state index in [1.807, 2.05) is 31.7 Å². The maximum atomic E-state index is 12.5. The first-order valence-electron chi connectivity index (χ1n) is 9.63. The predicted molar refractivity (Wildman–Crippen MR) is 100 cm³/mol. The normalized spacial score (nSPS) is 23.0. The Morgan fingerprint density at radius 2 is 1.88 bits per heavy atom. The summed E-state index contributed by atoms with van der Waals surface area (Å²) in [7, 11) is 0. The van der Waals surface area contributed by atoms with Crippen molar-refractivity contribution in [3.8, 4) is 0 Å². The van der Waals surface area contributed by atoms with Gasteiger partial charge in [-0.3, -0.25) is 0 Å². The van der Waals surface area contributed by atoms with Gasteiger partial charge >= 0.3 is 6.09 Å². The number of carbonyl (C=O) groups excluding carboxylic acids is 1. The Hall–Kier alpha value is -1.55. The third-order valence-corrected chi connectivity index (χ3v) is 5.67. The quantitative estimate of drug-likeness (QED) is 0.886. The first-order valence-corrected chi connectivity index (χ1v) is 9.63. The number of likely N-dealkylation sites (tertiary alicyclic amines) is 1. The molecule has 4 heteroatoms. The van der Waals surface area contributed by atoms with Gasteiger partial charge in [0.1, 0.15) is 5.60 Å². The Morgan fingerprint density at radius 1 is 1.20 bits per heavy atom. The second-order valence-corrected chi connectivity index (χ2v) is 8.66. The third kappa shape index (κ3) is 4.55. The van der Waals surface area contributed by atoms with E-state index in [9.17, 15) is 4.79 Å². The Balaban J connectivity index is 1.67. The van der Waals surface area contributed by atoms with Crippen LogP contribution in [0.2, 0.25) is 0 Å². The highest BCUT2D eigenvalue weighted by Crippen LogP contribution is 2.46. The second kappa shape index (κ2) is 7.36. The number of benzene rings is 1. The molecule has 4 nitrogen and oxygen atoms in total. The van der Waals surface area contributed by atoms with Gasteiger partial charge in [0.25, 0.3) is 0 Å². The number of rotatable bonds is 3. The zero-order valence-corrected chi connectivity index (χ0v) is 15.9. The van der Waals surface area contributed by atoms with E-state index in [0.717, 1.165) is 26.1 Å². The topological polar surface area (TPSA) is 41.6 Å². The van der Waals surface area contributed by atoms with Crippen molar-refractivity contribution in [2.24, 2.45) is 5.41 Å². The number of nitrogens with zero attached hydrogens (tertiary/aromatic N) is 1. The second-order valence-electron chi connectivity index (χ2n) is 8.66. The minimum Gasteiger partial charge on any atom is -0.444 e. The largest absolute Gasteiger partial charge is 0.444 e. The molecule has 2 aliphatic rings. The smallest absolute Gasteiger partial charge is 0.410 e. The van der Waals surface area contributed by atoms with E-state index in [1.165, 1.54) is 31.2 Å². The molecule has 1 heterocycles. The summed E-state index contributed by atoms with van der Waals surface area (Å²) in [5, 5.41) is 3.77. The number of nitrogens with one attached hydrogen (secondary N) is 1. The van der Waals surface area contributed by atoms with Crippen LogP contribution in [0.1, 0.15) is 58.4 Å². The number of amides is 1. The van der Waals surface area contributed by atoms with Crippen molar-refractivity contribution < 1.29 is 9.53 Å². The van der Waals surface area contributed by atoms with Crippen LogP contribution in [0.3, 0.4) is 0 Å².